The van der Waals surface area contributed by atoms with Crippen molar-refractivity contribution in [1.82, 2.24) is 5.32 Å². The topological polar surface area (TPSA) is 75.6 Å². The van der Waals surface area contributed by atoms with Crippen LogP contribution in [0.2, 0.25) is 5.02 Å². The van der Waals surface area contributed by atoms with Crippen LogP contribution in [0.5, 0.6) is 5.75 Å². The molecule has 0 fully saturated rings. The Labute approximate surface area is 135 Å². The van der Waals surface area contributed by atoms with Crippen molar-refractivity contribution in [1.29, 1.82) is 0 Å². The molecule has 0 aromatic heterocycles. The molecule has 22 heavy (non-hydrogen) atoms. The van der Waals surface area contributed by atoms with Crippen LogP contribution in [0.1, 0.15) is 33.1 Å². The zero-order valence-electron chi connectivity index (χ0n) is 12.9. The standard InChI is InChI=1S/C16H22ClNO4/c1-16(2,15(20)21)9-10-18-14(19)8-5-11-22-13-7-4-3-6-12(13)17/h3-4,6-7H,5,8-11H2,1-2H3,(H,18,19)(H,20,21). The Morgan fingerprint density at radius 1 is 1.32 bits per heavy atom. The number of rotatable bonds is 9. The summed E-state index contributed by atoms with van der Waals surface area (Å²) in [5.41, 5.74) is -0.833. The van der Waals surface area contributed by atoms with E-state index in [0.717, 1.165) is 0 Å². The Hall–Kier alpha value is -1.75. The minimum absolute atomic E-state index is 0.107. The summed E-state index contributed by atoms with van der Waals surface area (Å²) in [6.45, 7) is 4.03. The lowest BCUT2D eigenvalue weighted by atomic mass is 9.90. The van der Waals surface area contributed by atoms with Gasteiger partial charge in [0.05, 0.1) is 17.0 Å². The Morgan fingerprint density at radius 2 is 2.00 bits per heavy atom. The lowest BCUT2D eigenvalue weighted by Gasteiger charge is -2.18. The maximum atomic E-state index is 11.6. The molecule has 6 heteroatoms. The highest BCUT2D eigenvalue weighted by molar-refractivity contribution is 6.32. The van der Waals surface area contributed by atoms with E-state index >= 15 is 0 Å². The van der Waals surface area contributed by atoms with E-state index in [1.165, 1.54) is 0 Å². The van der Waals surface area contributed by atoms with E-state index in [9.17, 15) is 9.59 Å². The van der Waals surface area contributed by atoms with Crippen molar-refractivity contribution in [2.24, 2.45) is 5.41 Å². The van der Waals surface area contributed by atoms with Crippen molar-refractivity contribution in [3.8, 4) is 5.75 Å². The van der Waals surface area contributed by atoms with Crippen LogP contribution in [0.4, 0.5) is 0 Å². The Bertz CT molecular complexity index is 517. The number of benzene rings is 1. The van der Waals surface area contributed by atoms with E-state index in [1.807, 2.05) is 12.1 Å². The predicted octanol–water partition coefficient (Wildman–Crippen LogP) is 3.12. The maximum absolute atomic E-state index is 11.6. The van der Waals surface area contributed by atoms with E-state index in [2.05, 4.69) is 5.32 Å². The molecule has 1 rings (SSSR count). The molecular formula is C16H22ClNO4. The summed E-state index contributed by atoms with van der Waals surface area (Å²) in [5, 5.41) is 12.2. The van der Waals surface area contributed by atoms with Crippen molar-refractivity contribution in [3.63, 3.8) is 0 Å². The molecule has 2 N–H and O–H groups in total. The highest BCUT2D eigenvalue weighted by Gasteiger charge is 2.26. The van der Waals surface area contributed by atoms with Crippen LogP contribution in [-0.2, 0) is 9.59 Å². The number of hydrogen-bond donors (Lipinski definition) is 2. The number of carbonyl (C=O) groups excluding carboxylic acids is 1. The van der Waals surface area contributed by atoms with Crippen LogP contribution < -0.4 is 10.1 Å². The van der Waals surface area contributed by atoms with Gasteiger partial charge in [0.2, 0.25) is 5.91 Å². The fourth-order valence-corrected chi connectivity index (χ4v) is 1.88. The summed E-state index contributed by atoms with van der Waals surface area (Å²) >= 11 is 5.95. The number of halogens is 1. The van der Waals surface area contributed by atoms with Crippen molar-refractivity contribution < 1.29 is 19.4 Å². The Morgan fingerprint density at radius 3 is 2.64 bits per heavy atom. The maximum Gasteiger partial charge on any atom is 0.309 e. The van der Waals surface area contributed by atoms with Gasteiger partial charge in [-0.3, -0.25) is 9.59 Å². The van der Waals surface area contributed by atoms with Crippen LogP contribution >= 0.6 is 11.6 Å². The van der Waals surface area contributed by atoms with Crippen molar-refractivity contribution in [2.45, 2.75) is 33.1 Å². The number of nitrogens with one attached hydrogen (secondary N) is 1. The number of amides is 1. The van der Waals surface area contributed by atoms with Crippen LogP contribution in [0.3, 0.4) is 0 Å². The molecule has 0 aliphatic heterocycles. The highest BCUT2D eigenvalue weighted by atomic mass is 35.5. The molecular weight excluding hydrogens is 306 g/mol. The fourth-order valence-electron chi connectivity index (χ4n) is 1.69. The normalized spacial score (nSPS) is 11.0. The fraction of sp³-hybridized carbons (Fsp3) is 0.500. The molecule has 0 saturated carbocycles. The molecule has 0 radical (unpaired) electrons. The first-order valence-electron chi connectivity index (χ1n) is 7.20. The number of aliphatic carboxylic acids is 1. The van der Waals surface area contributed by atoms with Crippen molar-refractivity contribution in [2.75, 3.05) is 13.2 Å². The minimum Gasteiger partial charge on any atom is -0.492 e. The highest BCUT2D eigenvalue weighted by Crippen LogP contribution is 2.23. The van der Waals surface area contributed by atoms with Crippen molar-refractivity contribution in [3.05, 3.63) is 29.3 Å². The summed E-state index contributed by atoms with van der Waals surface area (Å²) in [5.74, 6) is -0.369. The smallest absolute Gasteiger partial charge is 0.309 e. The second-order valence-corrected chi connectivity index (χ2v) is 6.08. The summed E-state index contributed by atoms with van der Waals surface area (Å²) in [7, 11) is 0. The first kappa shape index (κ1) is 18.3. The third kappa shape index (κ3) is 6.35. The predicted molar refractivity (Wildman–Crippen MR) is 85.2 cm³/mol. The van der Waals surface area contributed by atoms with Crippen LogP contribution in [0, 0.1) is 5.41 Å². The average molecular weight is 328 g/mol. The number of carbonyl (C=O) groups is 2. The molecule has 0 atom stereocenters. The van der Waals surface area contributed by atoms with E-state index in [0.29, 0.717) is 43.2 Å². The molecule has 5 nitrogen and oxygen atoms in total. The zero-order chi connectivity index (χ0) is 16.6. The van der Waals surface area contributed by atoms with Gasteiger partial charge in [0.25, 0.3) is 0 Å². The molecule has 0 spiro atoms. The number of ether oxygens (including phenoxy) is 1. The molecule has 0 unspecified atom stereocenters. The Balaban J connectivity index is 2.16. The number of hydrogen-bond acceptors (Lipinski definition) is 3. The molecule has 1 amide bonds. The molecule has 0 aliphatic carbocycles. The minimum atomic E-state index is -0.866. The number of carboxylic acids is 1. The second kappa shape index (κ2) is 8.63. The molecule has 0 heterocycles. The first-order chi connectivity index (χ1) is 10.3. The first-order valence-corrected chi connectivity index (χ1v) is 7.58. The average Bonchev–Trinajstić information content (AvgIpc) is 2.45. The third-order valence-corrected chi connectivity index (χ3v) is 3.61. The molecule has 0 aliphatic rings. The summed E-state index contributed by atoms with van der Waals surface area (Å²) in [4.78, 5) is 22.6. The van der Waals surface area contributed by atoms with Gasteiger partial charge >= 0.3 is 5.97 Å². The summed E-state index contributed by atoms with van der Waals surface area (Å²) in [6, 6.07) is 7.17. The SMILES string of the molecule is CC(C)(CCNC(=O)CCCOc1ccccc1Cl)C(=O)O. The van der Waals surface area contributed by atoms with E-state index in [1.54, 1.807) is 26.0 Å². The van der Waals surface area contributed by atoms with E-state index in [-0.39, 0.29) is 5.91 Å². The molecule has 122 valence electrons. The van der Waals surface area contributed by atoms with Gasteiger partial charge in [0.1, 0.15) is 5.75 Å². The van der Waals surface area contributed by atoms with Gasteiger partial charge < -0.3 is 15.2 Å². The lowest BCUT2D eigenvalue weighted by molar-refractivity contribution is -0.147. The van der Waals surface area contributed by atoms with E-state index < -0.39 is 11.4 Å². The van der Waals surface area contributed by atoms with Gasteiger partial charge in [0.15, 0.2) is 0 Å². The van der Waals surface area contributed by atoms with Crippen LogP contribution in [-0.4, -0.2) is 30.1 Å². The Kier molecular flexibility index (Phi) is 7.18. The quantitative estimate of drug-likeness (QED) is 0.683. The van der Waals surface area contributed by atoms with Gasteiger partial charge in [-0.05, 0) is 38.8 Å². The number of para-hydroxylation sites is 1. The monoisotopic (exact) mass is 327 g/mol. The zero-order valence-corrected chi connectivity index (χ0v) is 13.7. The largest absolute Gasteiger partial charge is 0.492 e. The lowest BCUT2D eigenvalue weighted by Crippen LogP contribution is -2.31. The van der Waals surface area contributed by atoms with Gasteiger partial charge in [-0.25, -0.2) is 0 Å². The van der Waals surface area contributed by atoms with Gasteiger partial charge in [0, 0.05) is 13.0 Å². The van der Waals surface area contributed by atoms with Crippen LogP contribution in [0.15, 0.2) is 24.3 Å². The third-order valence-electron chi connectivity index (χ3n) is 3.29. The molecule has 1 aromatic rings. The number of carboxylic acid groups (broad SMARTS) is 1. The van der Waals surface area contributed by atoms with Crippen molar-refractivity contribution >= 4 is 23.5 Å². The summed E-state index contributed by atoms with van der Waals surface area (Å²) < 4.78 is 5.49. The van der Waals surface area contributed by atoms with Gasteiger partial charge in [-0.15, -0.1) is 0 Å². The molecule has 0 saturated heterocycles. The van der Waals surface area contributed by atoms with E-state index in [4.69, 9.17) is 21.4 Å². The van der Waals surface area contributed by atoms with Gasteiger partial charge in [-0.2, -0.15) is 0 Å². The second-order valence-electron chi connectivity index (χ2n) is 5.67. The summed E-state index contributed by atoms with van der Waals surface area (Å²) in [6.07, 6.45) is 1.29. The molecule has 1 aromatic carbocycles. The van der Waals surface area contributed by atoms with Crippen LogP contribution in [0.25, 0.3) is 0 Å². The molecule has 0 bridgehead atoms. The van der Waals surface area contributed by atoms with Gasteiger partial charge in [-0.1, -0.05) is 23.7 Å².